The molecule has 3 heterocycles. The van der Waals surface area contributed by atoms with Gasteiger partial charge in [-0.25, -0.2) is 9.78 Å². The quantitative estimate of drug-likeness (QED) is 0.676. The minimum atomic E-state index is -0.378. The summed E-state index contributed by atoms with van der Waals surface area (Å²) in [7, 11) is 0. The molecule has 0 unspecified atom stereocenters. The van der Waals surface area contributed by atoms with Crippen LogP contribution in [0, 0.1) is 0 Å². The Bertz CT molecular complexity index is 1060. The number of para-hydroxylation sites is 1. The van der Waals surface area contributed by atoms with Gasteiger partial charge in [-0.1, -0.05) is 23.5 Å². The number of hydrogen-bond acceptors (Lipinski definition) is 7. The summed E-state index contributed by atoms with van der Waals surface area (Å²) in [6, 6.07) is 7.21. The van der Waals surface area contributed by atoms with Gasteiger partial charge in [-0.3, -0.25) is 10.1 Å². The fourth-order valence-corrected chi connectivity index (χ4v) is 4.21. The Kier molecular flexibility index (Phi) is 5.39. The van der Waals surface area contributed by atoms with Crippen LogP contribution in [0.15, 0.2) is 28.7 Å². The van der Waals surface area contributed by atoms with E-state index in [0.29, 0.717) is 49.2 Å². The minimum absolute atomic E-state index is 0.188. The van der Waals surface area contributed by atoms with E-state index in [1.807, 2.05) is 19.1 Å². The molecule has 2 aromatic heterocycles. The second-order valence-corrected chi connectivity index (χ2v) is 7.52. The summed E-state index contributed by atoms with van der Waals surface area (Å²) in [5, 5.41) is 4.07. The molecule has 152 valence electrons. The standard InChI is InChI=1S/C20H21N3O5S/c1-3-26-14-7-5-6-12-10-15(28-17(12)14)18(24)22-19-21-13-8-9-23(11-16(13)29-19)20(25)27-4-2/h5-7,10H,3-4,8-9,11H2,1-2H3,(H,21,22,24). The highest BCUT2D eigenvalue weighted by Crippen LogP contribution is 2.31. The van der Waals surface area contributed by atoms with Crippen molar-refractivity contribution >= 4 is 39.4 Å². The monoisotopic (exact) mass is 415 g/mol. The number of nitrogens with zero attached hydrogens (tertiary/aromatic N) is 2. The molecule has 29 heavy (non-hydrogen) atoms. The highest BCUT2D eigenvalue weighted by atomic mass is 32.1. The minimum Gasteiger partial charge on any atom is -0.490 e. The lowest BCUT2D eigenvalue weighted by atomic mass is 10.2. The van der Waals surface area contributed by atoms with Crippen LogP contribution in [0.4, 0.5) is 9.93 Å². The van der Waals surface area contributed by atoms with E-state index in [4.69, 9.17) is 13.9 Å². The second-order valence-electron chi connectivity index (χ2n) is 6.43. The lowest BCUT2D eigenvalue weighted by molar-refractivity contribution is 0.0997. The Hall–Kier alpha value is -3.07. The predicted octanol–water partition coefficient (Wildman–Crippen LogP) is 4.05. The van der Waals surface area contributed by atoms with Gasteiger partial charge < -0.3 is 18.8 Å². The average Bonchev–Trinajstić information content (AvgIpc) is 3.31. The molecular formula is C20H21N3O5S. The van der Waals surface area contributed by atoms with Crippen LogP contribution in [0.2, 0.25) is 0 Å². The highest BCUT2D eigenvalue weighted by molar-refractivity contribution is 7.15. The zero-order chi connectivity index (χ0) is 20.4. The van der Waals surface area contributed by atoms with Gasteiger partial charge in [0.1, 0.15) is 0 Å². The summed E-state index contributed by atoms with van der Waals surface area (Å²) in [5.74, 6) is 0.415. The number of fused-ring (bicyclic) bond motifs is 2. The first-order valence-corrected chi connectivity index (χ1v) is 10.3. The maximum atomic E-state index is 12.7. The number of aromatic nitrogens is 1. The molecule has 3 aromatic rings. The highest BCUT2D eigenvalue weighted by Gasteiger charge is 2.26. The molecule has 0 bridgehead atoms. The average molecular weight is 415 g/mol. The van der Waals surface area contributed by atoms with Crippen molar-refractivity contribution in [3.63, 3.8) is 0 Å². The smallest absolute Gasteiger partial charge is 0.410 e. The fraction of sp³-hybridized carbons (Fsp3) is 0.350. The summed E-state index contributed by atoms with van der Waals surface area (Å²) in [6.07, 6.45) is 0.299. The number of thiazole rings is 1. The van der Waals surface area contributed by atoms with Gasteiger partial charge >= 0.3 is 6.09 Å². The molecule has 1 aliphatic rings. The topological polar surface area (TPSA) is 93.9 Å². The lowest BCUT2D eigenvalue weighted by Crippen LogP contribution is -2.35. The number of rotatable bonds is 5. The normalized spacial score (nSPS) is 13.2. The second kappa shape index (κ2) is 8.12. The van der Waals surface area contributed by atoms with Crippen LogP contribution >= 0.6 is 11.3 Å². The maximum absolute atomic E-state index is 12.7. The number of carbonyl (C=O) groups is 2. The van der Waals surface area contributed by atoms with E-state index in [0.717, 1.165) is 16.0 Å². The molecule has 1 aromatic carbocycles. The summed E-state index contributed by atoms with van der Waals surface area (Å²) in [5.41, 5.74) is 1.44. The molecule has 0 aliphatic carbocycles. The van der Waals surface area contributed by atoms with E-state index >= 15 is 0 Å². The number of hydrogen-bond donors (Lipinski definition) is 1. The molecule has 0 saturated heterocycles. The predicted molar refractivity (Wildman–Crippen MR) is 109 cm³/mol. The van der Waals surface area contributed by atoms with E-state index < -0.39 is 0 Å². The van der Waals surface area contributed by atoms with E-state index in [-0.39, 0.29) is 17.8 Å². The molecule has 1 N–H and O–H groups in total. The Morgan fingerprint density at radius 1 is 1.31 bits per heavy atom. The Balaban J connectivity index is 1.49. The number of ether oxygens (including phenoxy) is 2. The molecule has 9 heteroatoms. The maximum Gasteiger partial charge on any atom is 0.410 e. The van der Waals surface area contributed by atoms with E-state index in [9.17, 15) is 9.59 Å². The Morgan fingerprint density at radius 2 is 2.17 bits per heavy atom. The van der Waals surface area contributed by atoms with Crippen molar-refractivity contribution in [2.75, 3.05) is 25.1 Å². The van der Waals surface area contributed by atoms with Crippen LogP contribution in [0.1, 0.15) is 35.0 Å². The van der Waals surface area contributed by atoms with Gasteiger partial charge in [0.05, 0.1) is 25.5 Å². The van der Waals surface area contributed by atoms with Crippen molar-refractivity contribution in [1.29, 1.82) is 0 Å². The third-order valence-corrected chi connectivity index (χ3v) is 5.51. The Morgan fingerprint density at radius 3 is 2.97 bits per heavy atom. The van der Waals surface area contributed by atoms with Crippen LogP contribution in [-0.2, 0) is 17.7 Å². The molecule has 4 rings (SSSR count). The lowest BCUT2D eigenvalue weighted by Gasteiger charge is -2.24. The van der Waals surface area contributed by atoms with Crippen LogP contribution in [-0.4, -0.2) is 41.6 Å². The number of amides is 2. The van der Waals surface area contributed by atoms with Crippen LogP contribution in [0.5, 0.6) is 5.75 Å². The number of carbonyl (C=O) groups excluding carboxylic acids is 2. The fourth-order valence-electron chi connectivity index (χ4n) is 3.20. The van der Waals surface area contributed by atoms with Crippen molar-refractivity contribution in [2.24, 2.45) is 0 Å². The molecule has 1 aliphatic heterocycles. The van der Waals surface area contributed by atoms with Gasteiger partial charge in [0.2, 0.25) is 0 Å². The molecule has 2 amide bonds. The van der Waals surface area contributed by atoms with Gasteiger partial charge in [0, 0.05) is 23.2 Å². The first-order chi connectivity index (χ1) is 14.1. The molecule has 0 radical (unpaired) electrons. The summed E-state index contributed by atoms with van der Waals surface area (Å²) >= 11 is 1.36. The van der Waals surface area contributed by atoms with Crippen molar-refractivity contribution in [2.45, 2.75) is 26.8 Å². The molecular weight excluding hydrogens is 394 g/mol. The zero-order valence-corrected chi connectivity index (χ0v) is 17.0. The zero-order valence-electron chi connectivity index (χ0n) is 16.2. The first-order valence-electron chi connectivity index (χ1n) is 9.46. The SMILES string of the molecule is CCOC(=O)N1CCc2nc(NC(=O)c3cc4cccc(OCC)c4o3)sc2C1. The third kappa shape index (κ3) is 3.91. The number of anilines is 1. The van der Waals surface area contributed by atoms with Crippen molar-refractivity contribution in [1.82, 2.24) is 9.88 Å². The third-order valence-electron chi connectivity index (χ3n) is 4.51. The van der Waals surface area contributed by atoms with Gasteiger partial charge in [0.25, 0.3) is 5.91 Å². The molecule has 0 atom stereocenters. The first kappa shape index (κ1) is 19.3. The van der Waals surface area contributed by atoms with E-state index in [1.54, 1.807) is 24.0 Å². The summed E-state index contributed by atoms with van der Waals surface area (Å²) < 4.78 is 16.3. The Labute approximate surface area is 171 Å². The van der Waals surface area contributed by atoms with Gasteiger partial charge in [-0.2, -0.15) is 0 Å². The van der Waals surface area contributed by atoms with Crippen molar-refractivity contribution in [3.8, 4) is 5.75 Å². The van der Waals surface area contributed by atoms with Gasteiger partial charge in [0.15, 0.2) is 22.2 Å². The molecule has 8 nitrogen and oxygen atoms in total. The molecule has 0 spiro atoms. The van der Waals surface area contributed by atoms with Crippen LogP contribution in [0.25, 0.3) is 11.0 Å². The van der Waals surface area contributed by atoms with Crippen molar-refractivity contribution < 1.29 is 23.5 Å². The number of benzene rings is 1. The number of furan rings is 1. The summed E-state index contributed by atoms with van der Waals surface area (Å²) in [4.78, 5) is 31.7. The summed E-state index contributed by atoms with van der Waals surface area (Å²) in [6.45, 7) is 5.51. The van der Waals surface area contributed by atoms with Gasteiger partial charge in [-0.05, 0) is 26.0 Å². The van der Waals surface area contributed by atoms with E-state index in [2.05, 4.69) is 10.3 Å². The van der Waals surface area contributed by atoms with Crippen LogP contribution < -0.4 is 10.1 Å². The van der Waals surface area contributed by atoms with Crippen LogP contribution in [0.3, 0.4) is 0 Å². The van der Waals surface area contributed by atoms with E-state index in [1.165, 1.54) is 11.3 Å². The largest absolute Gasteiger partial charge is 0.490 e. The molecule has 0 saturated carbocycles. The number of nitrogens with one attached hydrogen (secondary N) is 1. The van der Waals surface area contributed by atoms with Crippen molar-refractivity contribution in [3.05, 3.63) is 40.6 Å². The van der Waals surface area contributed by atoms with Gasteiger partial charge in [-0.15, -0.1) is 0 Å². The molecule has 0 fully saturated rings.